The van der Waals surface area contributed by atoms with Crippen molar-refractivity contribution in [1.82, 2.24) is 9.88 Å². The van der Waals surface area contributed by atoms with Gasteiger partial charge in [-0.05, 0) is 47.3 Å². The third-order valence-corrected chi connectivity index (χ3v) is 4.56. The van der Waals surface area contributed by atoms with Gasteiger partial charge >= 0.3 is 0 Å². The highest BCUT2D eigenvalue weighted by Crippen LogP contribution is 2.28. The fourth-order valence-corrected chi connectivity index (χ4v) is 2.67. The van der Waals surface area contributed by atoms with Crippen molar-refractivity contribution in [2.24, 2.45) is 0 Å². The topological polar surface area (TPSA) is 19.4 Å². The second-order valence-corrected chi connectivity index (χ2v) is 5.90. The normalized spacial score (nSPS) is 21.9. The molecule has 1 aromatic rings. The molecule has 92 valence electrons. The second kappa shape index (κ2) is 4.58. The van der Waals surface area contributed by atoms with E-state index in [9.17, 15) is 0 Å². The fourth-order valence-electron chi connectivity index (χ4n) is 2.45. The third-order valence-electron chi connectivity index (χ3n) is 3.73. The first-order valence-electron chi connectivity index (χ1n) is 6.35. The molecule has 2 fully saturated rings. The van der Waals surface area contributed by atoms with Crippen LogP contribution in [0.2, 0.25) is 0 Å². The number of anilines is 1. The molecule has 2 aliphatic rings. The van der Waals surface area contributed by atoms with Gasteiger partial charge in [-0.15, -0.1) is 0 Å². The van der Waals surface area contributed by atoms with Gasteiger partial charge in [-0.1, -0.05) is 0 Å². The number of hydrogen-bond acceptors (Lipinski definition) is 3. The van der Waals surface area contributed by atoms with Crippen molar-refractivity contribution >= 4 is 21.7 Å². The van der Waals surface area contributed by atoms with Gasteiger partial charge in [-0.25, -0.2) is 4.98 Å². The summed E-state index contributed by atoms with van der Waals surface area (Å²) in [6.07, 6.45) is 4.74. The molecule has 0 atom stereocenters. The molecule has 3 rings (SSSR count). The van der Waals surface area contributed by atoms with E-state index in [4.69, 9.17) is 0 Å². The van der Waals surface area contributed by atoms with Crippen LogP contribution in [0, 0.1) is 6.92 Å². The Kier molecular flexibility index (Phi) is 3.09. The predicted octanol–water partition coefficient (Wildman–Crippen LogP) is 2.44. The molecule has 2 heterocycles. The molecular weight excluding hydrogens is 278 g/mol. The van der Waals surface area contributed by atoms with Gasteiger partial charge in [-0.2, -0.15) is 0 Å². The highest BCUT2D eigenvalue weighted by Gasteiger charge is 2.31. The van der Waals surface area contributed by atoms with Crippen molar-refractivity contribution < 1.29 is 0 Å². The van der Waals surface area contributed by atoms with E-state index < -0.39 is 0 Å². The molecule has 0 N–H and O–H groups in total. The maximum Gasteiger partial charge on any atom is 0.128 e. The number of hydrogen-bond donors (Lipinski definition) is 0. The van der Waals surface area contributed by atoms with Gasteiger partial charge in [0.15, 0.2) is 0 Å². The molecule has 0 radical (unpaired) electrons. The molecule has 0 bridgehead atoms. The zero-order valence-electron chi connectivity index (χ0n) is 10.2. The first-order chi connectivity index (χ1) is 8.24. The summed E-state index contributed by atoms with van der Waals surface area (Å²) in [4.78, 5) is 9.54. The van der Waals surface area contributed by atoms with Gasteiger partial charge in [-0.3, -0.25) is 4.90 Å². The lowest BCUT2D eigenvalue weighted by Gasteiger charge is -2.35. The van der Waals surface area contributed by atoms with E-state index in [0.717, 1.165) is 29.4 Å². The Morgan fingerprint density at radius 1 is 1.24 bits per heavy atom. The number of pyridine rings is 1. The Morgan fingerprint density at radius 3 is 2.53 bits per heavy atom. The maximum absolute atomic E-state index is 4.51. The van der Waals surface area contributed by atoms with Crippen LogP contribution in [0.4, 0.5) is 5.82 Å². The average molecular weight is 296 g/mol. The van der Waals surface area contributed by atoms with E-state index in [1.165, 1.54) is 31.5 Å². The molecule has 3 nitrogen and oxygen atoms in total. The molecule has 0 spiro atoms. The largest absolute Gasteiger partial charge is 0.354 e. The molecule has 0 unspecified atom stereocenters. The summed E-state index contributed by atoms with van der Waals surface area (Å²) in [5.41, 5.74) is 1.26. The quantitative estimate of drug-likeness (QED) is 0.835. The molecule has 1 saturated heterocycles. The summed E-state index contributed by atoms with van der Waals surface area (Å²) in [6, 6.07) is 3.08. The van der Waals surface area contributed by atoms with E-state index in [1.807, 2.05) is 6.20 Å². The van der Waals surface area contributed by atoms with Crippen LogP contribution in [0.25, 0.3) is 0 Å². The molecule has 1 saturated carbocycles. The van der Waals surface area contributed by atoms with Crippen molar-refractivity contribution in [3.05, 3.63) is 22.3 Å². The van der Waals surface area contributed by atoms with Crippen LogP contribution in [-0.2, 0) is 0 Å². The smallest absolute Gasteiger partial charge is 0.128 e. The predicted molar refractivity (Wildman–Crippen MR) is 73.5 cm³/mol. The molecule has 1 aromatic heterocycles. The van der Waals surface area contributed by atoms with Crippen LogP contribution in [0.3, 0.4) is 0 Å². The van der Waals surface area contributed by atoms with Gasteiger partial charge in [0.05, 0.1) is 0 Å². The minimum absolute atomic E-state index is 0.900. The van der Waals surface area contributed by atoms with E-state index in [2.05, 4.69) is 43.7 Å². The monoisotopic (exact) mass is 295 g/mol. The SMILES string of the molecule is Cc1cc(N2CCN(C3CC3)CC2)ncc1Br. The molecule has 4 heteroatoms. The molecule has 17 heavy (non-hydrogen) atoms. The first kappa shape index (κ1) is 11.5. The lowest BCUT2D eigenvalue weighted by atomic mass is 10.2. The zero-order valence-corrected chi connectivity index (χ0v) is 11.8. The minimum Gasteiger partial charge on any atom is -0.354 e. The number of nitrogens with zero attached hydrogens (tertiary/aromatic N) is 3. The Morgan fingerprint density at radius 2 is 1.94 bits per heavy atom. The van der Waals surface area contributed by atoms with Gasteiger partial charge in [0.2, 0.25) is 0 Å². The van der Waals surface area contributed by atoms with Gasteiger partial charge in [0.25, 0.3) is 0 Å². The summed E-state index contributed by atoms with van der Waals surface area (Å²) >= 11 is 3.50. The Balaban J connectivity index is 1.66. The summed E-state index contributed by atoms with van der Waals surface area (Å²) in [6.45, 7) is 6.74. The zero-order chi connectivity index (χ0) is 11.8. The van der Waals surface area contributed by atoms with Crippen molar-refractivity contribution in [3.8, 4) is 0 Å². The van der Waals surface area contributed by atoms with Crippen molar-refractivity contribution in [3.63, 3.8) is 0 Å². The van der Waals surface area contributed by atoms with Crippen LogP contribution in [0.5, 0.6) is 0 Å². The van der Waals surface area contributed by atoms with Gasteiger partial charge in [0, 0.05) is 42.9 Å². The number of halogens is 1. The molecule has 0 aromatic carbocycles. The van der Waals surface area contributed by atoms with Crippen LogP contribution < -0.4 is 4.90 Å². The van der Waals surface area contributed by atoms with Crippen molar-refractivity contribution in [2.75, 3.05) is 31.1 Å². The van der Waals surface area contributed by atoms with Crippen molar-refractivity contribution in [2.45, 2.75) is 25.8 Å². The van der Waals surface area contributed by atoms with E-state index in [1.54, 1.807) is 0 Å². The Labute approximate surface area is 111 Å². The lowest BCUT2D eigenvalue weighted by Crippen LogP contribution is -2.47. The number of aryl methyl sites for hydroxylation is 1. The highest BCUT2D eigenvalue weighted by molar-refractivity contribution is 9.10. The van der Waals surface area contributed by atoms with E-state index in [0.29, 0.717) is 0 Å². The fraction of sp³-hybridized carbons (Fsp3) is 0.615. The van der Waals surface area contributed by atoms with Crippen LogP contribution in [0.1, 0.15) is 18.4 Å². The highest BCUT2D eigenvalue weighted by atomic mass is 79.9. The standard InChI is InChI=1S/C13H18BrN3/c1-10-8-13(15-9-12(10)14)17-6-4-16(5-7-17)11-2-3-11/h8-9,11H,2-7H2,1H3. The maximum atomic E-state index is 4.51. The Hall–Kier alpha value is -0.610. The first-order valence-corrected chi connectivity index (χ1v) is 7.14. The third kappa shape index (κ3) is 2.47. The average Bonchev–Trinajstić information content (AvgIpc) is 3.17. The number of aromatic nitrogens is 1. The van der Waals surface area contributed by atoms with E-state index in [-0.39, 0.29) is 0 Å². The molecule has 1 aliphatic heterocycles. The van der Waals surface area contributed by atoms with Gasteiger partial charge < -0.3 is 4.90 Å². The molecular formula is C13H18BrN3. The molecule has 1 aliphatic carbocycles. The number of rotatable bonds is 2. The number of piperazine rings is 1. The van der Waals surface area contributed by atoms with Crippen molar-refractivity contribution in [1.29, 1.82) is 0 Å². The van der Waals surface area contributed by atoms with Crippen LogP contribution in [-0.4, -0.2) is 42.1 Å². The minimum atomic E-state index is 0.900. The second-order valence-electron chi connectivity index (χ2n) is 5.05. The van der Waals surface area contributed by atoms with E-state index >= 15 is 0 Å². The van der Waals surface area contributed by atoms with Crippen LogP contribution >= 0.6 is 15.9 Å². The molecule has 0 amide bonds. The summed E-state index contributed by atoms with van der Waals surface area (Å²) in [7, 11) is 0. The summed E-state index contributed by atoms with van der Waals surface area (Å²) in [5.74, 6) is 1.13. The lowest BCUT2D eigenvalue weighted by molar-refractivity contribution is 0.247. The summed E-state index contributed by atoms with van der Waals surface area (Å²) < 4.78 is 1.10. The Bertz CT molecular complexity index is 409. The summed E-state index contributed by atoms with van der Waals surface area (Å²) in [5, 5.41) is 0. The van der Waals surface area contributed by atoms with Crippen LogP contribution in [0.15, 0.2) is 16.7 Å². The van der Waals surface area contributed by atoms with Gasteiger partial charge in [0.1, 0.15) is 5.82 Å².